The van der Waals surface area contributed by atoms with Gasteiger partial charge in [-0.1, -0.05) is 46.3 Å². The number of ether oxygens (including phenoxy) is 5. The van der Waals surface area contributed by atoms with Crippen molar-refractivity contribution < 1.29 is 74.1 Å². The third-order valence-corrected chi connectivity index (χ3v) is 16.1. The van der Waals surface area contributed by atoms with Crippen LogP contribution in [-0.2, 0) is 33.3 Å². The molecule has 322 valence electrons. The summed E-state index contributed by atoms with van der Waals surface area (Å²) in [5.41, 5.74) is -4.76. The fourth-order valence-corrected chi connectivity index (χ4v) is 12.5. The zero-order chi connectivity index (χ0) is 42.2. The van der Waals surface area contributed by atoms with Crippen LogP contribution >= 0.6 is 0 Å². The Balaban J connectivity index is 1.16. The van der Waals surface area contributed by atoms with Crippen LogP contribution in [0, 0.1) is 39.4 Å². The maximum atomic E-state index is 14.9. The van der Waals surface area contributed by atoms with E-state index < -0.39 is 119 Å². The predicted molar refractivity (Wildman–Crippen MR) is 199 cm³/mol. The van der Waals surface area contributed by atoms with E-state index in [1.165, 1.54) is 13.0 Å². The van der Waals surface area contributed by atoms with Crippen molar-refractivity contribution in [2.75, 3.05) is 6.61 Å². The minimum atomic E-state index is -1.70. The molecule has 5 fully saturated rings. The second-order valence-corrected chi connectivity index (χ2v) is 20.0. The van der Waals surface area contributed by atoms with Gasteiger partial charge in [-0.25, -0.2) is 0 Å². The number of ketones is 2. The van der Waals surface area contributed by atoms with Crippen LogP contribution in [0.5, 0.6) is 0 Å². The number of hydrogen-bond donors (Lipinski definition) is 8. The topological polar surface area (TPSA) is 242 Å². The van der Waals surface area contributed by atoms with E-state index in [2.05, 4.69) is 13.0 Å². The number of fused-ring (bicyclic) bond motifs is 5. The quantitative estimate of drug-likeness (QED) is 0.166. The second-order valence-electron chi connectivity index (χ2n) is 20.0. The summed E-state index contributed by atoms with van der Waals surface area (Å²) in [4.78, 5) is 28.6. The number of allylic oxidation sites excluding steroid dienone is 1. The average Bonchev–Trinajstić information content (AvgIpc) is 3.54. The van der Waals surface area contributed by atoms with Gasteiger partial charge >= 0.3 is 0 Å². The highest BCUT2D eigenvalue weighted by molar-refractivity contribution is 6.00. The fraction of sp³-hybridized carbons (Fsp3) is 0.857. The maximum absolute atomic E-state index is 14.9. The van der Waals surface area contributed by atoms with Gasteiger partial charge in [-0.05, 0) is 76.0 Å². The molecular formula is C42H64O15. The summed E-state index contributed by atoms with van der Waals surface area (Å²) in [6.07, 6.45) is -10.4. The fourth-order valence-electron chi connectivity index (χ4n) is 12.5. The van der Waals surface area contributed by atoms with Gasteiger partial charge < -0.3 is 64.5 Å². The number of aliphatic hydroxyl groups excluding tert-OH is 7. The smallest absolute Gasteiger partial charge is 0.202 e. The molecule has 0 radical (unpaired) electrons. The molecule has 15 nitrogen and oxygen atoms in total. The molecule has 0 spiro atoms. The Hall–Kier alpha value is -1.86. The summed E-state index contributed by atoms with van der Waals surface area (Å²) < 4.78 is 30.5. The third kappa shape index (κ3) is 6.19. The van der Waals surface area contributed by atoms with Crippen molar-refractivity contribution >= 4 is 11.6 Å². The summed E-state index contributed by atoms with van der Waals surface area (Å²) in [6, 6.07) is 0. The Morgan fingerprint density at radius 3 is 2.12 bits per heavy atom. The van der Waals surface area contributed by atoms with E-state index in [0.717, 1.165) is 5.57 Å². The van der Waals surface area contributed by atoms with Crippen molar-refractivity contribution in [2.45, 2.75) is 179 Å². The lowest BCUT2D eigenvalue weighted by atomic mass is 9.38. The van der Waals surface area contributed by atoms with Crippen molar-refractivity contribution in [3.8, 4) is 0 Å². The van der Waals surface area contributed by atoms with E-state index in [4.69, 9.17) is 23.7 Å². The first kappa shape index (κ1) is 43.2. The largest absolute Gasteiger partial charge is 0.480 e. The highest BCUT2D eigenvalue weighted by atomic mass is 16.8. The lowest BCUT2D eigenvalue weighted by Crippen LogP contribution is -2.66. The molecule has 7 rings (SSSR count). The van der Waals surface area contributed by atoms with Crippen molar-refractivity contribution in [1.29, 1.82) is 0 Å². The van der Waals surface area contributed by atoms with Crippen molar-refractivity contribution in [2.24, 2.45) is 39.4 Å². The summed E-state index contributed by atoms with van der Waals surface area (Å²) >= 11 is 0. The van der Waals surface area contributed by atoms with Crippen molar-refractivity contribution in [1.82, 2.24) is 0 Å². The first-order valence-electron chi connectivity index (χ1n) is 20.5. The zero-order valence-corrected chi connectivity index (χ0v) is 34.5. The van der Waals surface area contributed by atoms with Crippen LogP contribution in [0.1, 0.15) is 94.4 Å². The van der Waals surface area contributed by atoms with E-state index in [1.807, 2.05) is 27.7 Å². The van der Waals surface area contributed by atoms with Gasteiger partial charge in [0.25, 0.3) is 0 Å². The Labute approximate surface area is 334 Å². The molecule has 3 aliphatic heterocycles. The summed E-state index contributed by atoms with van der Waals surface area (Å²) in [5.74, 6) is -1.22. The Morgan fingerprint density at radius 1 is 0.842 bits per heavy atom. The number of rotatable bonds is 7. The van der Waals surface area contributed by atoms with Crippen LogP contribution in [0.25, 0.3) is 0 Å². The number of carbonyl (C=O) groups excluding carboxylic acids is 2. The molecule has 7 aliphatic rings. The normalized spacial score (nSPS) is 52.3. The Morgan fingerprint density at radius 2 is 1.51 bits per heavy atom. The van der Waals surface area contributed by atoms with E-state index >= 15 is 0 Å². The van der Waals surface area contributed by atoms with Crippen LogP contribution in [0.3, 0.4) is 0 Å². The molecule has 3 heterocycles. The second kappa shape index (κ2) is 14.1. The minimum absolute atomic E-state index is 0.0570. The Kier molecular flexibility index (Phi) is 10.7. The van der Waals surface area contributed by atoms with Crippen molar-refractivity contribution in [3.63, 3.8) is 0 Å². The maximum Gasteiger partial charge on any atom is 0.202 e. The monoisotopic (exact) mass is 808 g/mol. The summed E-state index contributed by atoms with van der Waals surface area (Å²) in [6.45, 7) is 15.8. The predicted octanol–water partition coefficient (Wildman–Crippen LogP) is 0.791. The van der Waals surface area contributed by atoms with Crippen LogP contribution in [0.15, 0.2) is 23.5 Å². The van der Waals surface area contributed by atoms with Gasteiger partial charge in [0, 0.05) is 29.2 Å². The molecule has 15 heteroatoms. The molecule has 0 aromatic carbocycles. The van der Waals surface area contributed by atoms with Crippen molar-refractivity contribution in [3.05, 3.63) is 23.5 Å². The van der Waals surface area contributed by atoms with Gasteiger partial charge in [-0.3, -0.25) is 9.59 Å². The van der Waals surface area contributed by atoms with Gasteiger partial charge in [0.05, 0.1) is 24.9 Å². The molecule has 8 N–H and O–H groups in total. The Bertz CT molecular complexity index is 1670. The van der Waals surface area contributed by atoms with Gasteiger partial charge in [-0.15, -0.1) is 0 Å². The minimum Gasteiger partial charge on any atom is -0.480 e. The molecule has 0 amide bonds. The molecule has 19 atom stereocenters. The first-order chi connectivity index (χ1) is 26.3. The van der Waals surface area contributed by atoms with Crippen LogP contribution < -0.4 is 0 Å². The molecule has 4 aliphatic carbocycles. The van der Waals surface area contributed by atoms with Gasteiger partial charge in [-0.2, -0.15) is 0 Å². The number of hydrogen-bond acceptors (Lipinski definition) is 15. The molecule has 0 bridgehead atoms. The SMILES string of the molecule is C[C@@H]1O[C@@H](O[C@H]2[C@H](O[C@@H]3CC[C@H]4C(=CC[C@@H]5[C@@]4(C)C(=O)C[C@]4(C)[C@@H]([C@]6(C)OC(C(C)(C)O)=CC6=O)[C@H](O)C[C@@]54C)C3(C)C)O[C@H](CO)[C@@H](O)[C@@H]2O)[C@H](O)[C@H](O)[C@H]1O. The molecule has 0 unspecified atom stereocenters. The lowest BCUT2D eigenvalue weighted by Gasteiger charge is -2.65. The molecule has 2 saturated heterocycles. The average molecular weight is 809 g/mol. The summed E-state index contributed by atoms with van der Waals surface area (Å²) in [5, 5.41) is 86.0. The number of carbonyl (C=O) groups is 2. The van der Waals surface area contributed by atoms with Gasteiger partial charge in [0.1, 0.15) is 59.9 Å². The van der Waals surface area contributed by atoms with E-state index in [-0.39, 0.29) is 35.6 Å². The molecule has 0 aromatic heterocycles. The number of Topliss-reactive ketones (excluding diaryl/α,β-unsaturated/α-hetero) is 1. The molecule has 0 aromatic rings. The van der Waals surface area contributed by atoms with E-state index in [0.29, 0.717) is 25.7 Å². The van der Waals surface area contributed by atoms with Gasteiger partial charge in [0.2, 0.25) is 5.78 Å². The highest BCUT2D eigenvalue weighted by Gasteiger charge is 2.75. The third-order valence-electron chi connectivity index (χ3n) is 16.1. The van der Waals surface area contributed by atoms with Crippen LogP contribution in [-0.4, -0.2) is 144 Å². The summed E-state index contributed by atoms with van der Waals surface area (Å²) in [7, 11) is 0. The van der Waals surface area contributed by atoms with Crippen LogP contribution in [0.4, 0.5) is 0 Å². The van der Waals surface area contributed by atoms with Gasteiger partial charge in [0.15, 0.2) is 18.2 Å². The molecular weight excluding hydrogens is 744 g/mol. The molecule has 57 heavy (non-hydrogen) atoms. The lowest BCUT2D eigenvalue weighted by molar-refractivity contribution is -0.372. The highest BCUT2D eigenvalue weighted by Crippen LogP contribution is 2.75. The zero-order valence-electron chi connectivity index (χ0n) is 34.5. The first-order valence-corrected chi connectivity index (χ1v) is 20.5. The van der Waals surface area contributed by atoms with E-state index in [9.17, 15) is 50.4 Å². The number of aliphatic hydroxyl groups is 8. The van der Waals surface area contributed by atoms with Crippen LogP contribution in [0.2, 0.25) is 0 Å². The molecule has 3 saturated carbocycles. The van der Waals surface area contributed by atoms with E-state index in [1.54, 1.807) is 20.8 Å². The standard InChI is InChI=1S/C42H64O15/c1-18-28(47)30(49)32(51)35(53-18)56-33-31(50)29(48)22(17-43)54-36(33)55-26-13-11-20-19(37(26,2)3)10-12-23-39(6)15-21(44)34(40(39,7)16-25(46)41(20,23)8)42(9)24(45)14-27(57-42)38(4,5)52/h10,14,18,20-23,26,28-36,43-44,47-52H,11-13,15-17H2,1-9H3/t18-,20-,21+,22+,23-,26+,28-,29+,30+,31-,32+,33+,34-,35-,36-,39-,40+,41-,42+/m0/s1.